The van der Waals surface area contributed by atoms with Gasteiger partial charge in [-0.3, -0.25) is 0 Å². The van der Waals surface area contributed by atoms with Crippen LogP contribution in [0.5, 0.6) is 0 Å². The van der Waals surface area contributed by atoms with Crippen LogP contribution in [-0.2, 0) is 6.42 Å². The fourth-order valence-electron chi connectivity index (χ4n) is 3.79. The zero-order valence-corrected chi connectivity index (χ0v) is 14.1. The van der Waals surface area contributed by atoms with Crippen molar-refractivity contribution < 1.29 is 5.11 Å². The average molecular weight is 294 g/mol. The van der Waals surface area contributed by atoms with Gasteiger partial charge in [0.1, 0.15) is 12.2 Å². The highest BCUT2D eigenvalue weighted by Crippen LogP contribution is 2.39. The molecule has 1 aliphatic carbocycles. The van der Waals surface area contributed by atoms with Crippen LogP contribution in [0.3, 0.4) is 0 Å². The molecule has 1 heterocycles. The Morgan fingerprint density at radius 2 is 2.19 bits per heavy atom. The molecule has 0 saturated heterocycles. The topological polar surface area (TPSA) is 54.2 Å². The van der Waals surface area contributed by atoms with Crippen molar-refractivity contribution in [2.24, 2.45) is 5.92 Å². The summed E-state index contributed by atoms with van der Waals surface area (Å²) < 4.78 is 1.92. The lowest BCUT2D eigenvalue weighted by atomic mass is 9.71. The van der Waals surface area contributed by atoms with Gasteiger partial charge in [0.15, 0.2) is 0 Å². The highest BCUT2D eigenvalue weighted by molar-refractivity contribution is 5.03. The van der Waals surface area contributed by atoms with E-state index < -0.39 is 6.10 Å². The molecular formula is C16H30N4O. The largest absolute Gasteiger partial charge is 0.391 e. The van der Waals surface area contributed by atoms with Gasteiger partial charge in [-0.1, -0.05) is 19.8 Å². The van der Waals surface area contributed by atoms with Crippen LogP contribution in [0.2, 0.25) is 0 Å². The van der Waals surface area contributed by atoms with Crippen molar-refractivity contribution in [3.63, 3.8) is 0 Å². The zero-order valence-electron chi connectivity index (χ0n) is 14.1. The third-order valence-corrected chi connectivity index (χ3v) is 5.03. The third-order valence-electron chi connectivity index (χ3n) is 5.03. The van der Waals surface area contributed by atoms with Gasteiger partial charge in [0, 0.05) is 18.0 Å². The molecule has 0 radical (unpaired) electrons. The lowest BCUT2D eigenvalue weighted by molar-refractivity contribution is -0.0437. The molecule has 1 aromatic heterocycles. The molecule has 1 N–H and O–H groups in total. The Balaban J connectivity index is 2.19. The van der Waals surface area contributed by atoms with Crippen LogP contribution in [-0.4, -0.2) is 50.5 Å². The first kappa shape index (κ1) is 16.4. The predicted molar refractivity (Wildman–Crippen MR) is 84.2 cm³/mol. The molecule has 0 amide bonds. The quantitative estimate of drug-likeness (QED) is 0.905. The molecule has 0 bridgehead atoms. The molecule has 1 aromatic rings. The SMILES string of the molecule is CC1CCCC(C(O)Cc2ncnn2C(C)C)(N(C)C)C1. The van der Waals surface area contributed by atoms with Crippen LogP contribution in [0.1, 0.15) is 58.3 Å². The van der Waals surface area contributed by atoms with Gasteiger partial charge in [0.05, 0.1) is 6.10 Å². The summed E-state index contributed by atoms with van der Waals surface area (Å²) in [4.78, 5) is 6.58. The number of aromatic nitrogens is 3. The zero-order chi connectivity index (χ0) is 15.6. The molecule has 1 fully saturated rings. The number of aliphatic hydroxyl groups is 1. The molecule has 0 aromatic carbocycles. The van der Waals surface area contributed by atoms with Crippen molar-refractivity contribution >= 4 is 0 Å². The Labute approximate surface area is 128 Å². The van der Waals surface area contributed by atoms with Gasteiger partial charge in [-0.25, -0.2) is 9.67 Å². The van der Waals surface area contributed by atoms with Crippen molar-refractivity contribution in [3.8, 4) is 0 Å². The second-order valence-corrected chi connectivity index (χ2v) is 7.13. The monoisotopic (exact) mass is 294 g/mol. The highest BCUT2D eigenvalue weighted by Gasteiger charge is 2.43. The summed E-state index contributed by atoms with van der Waals surface area (Å²) in [6.45, 7) is 6.48. The van der Waals surface area contributed by atoms with Gasteiger partial charge >= 0.3 is 0 Å². The lowest BCUT2D eigenvalue weighted by Gasteiger charge is -2.48. The summed E-state index contributed by atoms with van der Waals surface area (Å²) in [6, 6.07) is 0.273. The number of aliphatic hydroxyl groups excluding tert-OH is 1. The number of nitrogens with zero attached hydrogens (tertiary/aromatic N) is 4. The smallest absolute Gasteiger partial charge is 0.138 e. The fraction of sp³-hybridized carbons (Fsp3) is 0.875. The van der Waals surface area contributed by atoms with E-state index >= 15 is 0 Å². The van der Waals surface area contributed by atoms with Crippen molar-refractivity contribution in [2.45, 2.75) is 70.6 Å². The Morgan fingerprint density at radius 3 is 2.76 bits per heavy atom. The average Bonchev–Trinajstić information content (AvgIpc) is 2.86. The van der Waals surface area contributed by atoms with E-state index in [1.807, 2.05) is 4.68 Å². The fourth-order valence-corrected chi connectivity index (χ4v) is 3.79. The van der Waals surface area contributed by atoms with Crippen molar-refractivity contribution in [1.29, 1.82) is 0 Å². The Bertz CT molecular complexity index is 457. The minimum absolute atomic E-state index is 0.134. The molecule has 1 saturated carbocycles. The molecule has 5 heteroatoms. The first-order valence-electron chi connectivity index (χ1n) is 8.10. The van der Waals surface area contributed by atoms with E-state index in [9.17, 15) is 5.11 Å². The second kappa shape index (κ2) is 6.44. The number of likely N-dealkylation sites (N-methyl/N-ethyl adjacent to an activating group) is 1. The number of hydrogen-bond donors (Lipinski definition) is 1. The Kier molecular flexibility index (Phi) is 5.04. The van der Waals surface area contributed by atoms with Gasteiger partial charge < -0.3 is 10.0 Å². The minimum Gasteiger partial charge on any atom is -0.391 e. The molecule has 0 aliphatic heterocycles. The molecular weight excluding hydrogens is 264 g/mol. The van der Waals surface area contributed by atoms with Crippen LogP contribution in [0.15, 0.2) is 6.33 Å². The summed E-state index contributed by atoms with van der Waals surface area (Å²) >= 11 is 0. The third kappa shape index (κ3) is 3.29. The van der Waals surface area contributed by atoms with E-state index in [1.165, 1.54) is 12.8 Å². The van der Waals surface area contributed by atoms with Crippen molar-refractivity contribution in [1.82, 2.24) is 19.7 Å². The molecule has 120 valence electrons. The van der Waals surface area contributed by atoms with Crippen LogP contribution in [0, 0.1) is 5.92 Å². The molecule has 3 atom stereocenters. The summed E-state index contributed by atoms with van der Waals surface area (Å²) in [5, 5.41) is 15.2. The van der Waals surface area contributed by atoms with Crippen LogP contribution in [0.25, 0.3) is 0 Å². The van der Waals surface area contributed by atoms with E-state index in [0.717, 1.165) is 18.7 Å². The molecule has 21 heavy (non-hydrogen) atoms. The van der Waals surface area contributed by atoms with Crippen molar-refractivity contribution in [2.75, 3.05) is 14.1 Å². The number of rotatable bonds is 5. The summed E-state index contributed by atoms with van der Waals surface area (Å²) in [5.41, 5.74) is -0.134. The van der Waals surface area contributed by atoms with Gasteiger partial charge in [0.2, 0.25) is 0 Å². The lowest BCUT2D eigenvalue weighted by Crippen LogP contribution is -2.57. The maximum atomic E-state index is 11.0. The Morgan fingerprint density at radius 1 is 1.48 bits per heavy atom. The van der Waals surface area contributed by atoms with E-state index in [0.29, 0.717) is 12.3 Å². The molecule has 0 spiro atoms. The maximum Gasteiger partial charge on any atom is 0.138 e. The minimum atomic E-state index is -0.406. The first-order valence-corrected chi connectivity index (χ1v) is 8.10. The second-order valence-electron chi connectivity index (χ2n) is 7.13. The van der Waals surface area contributed by atoms with Crippen LogP contribution >= 0.6 is 0 Å². The Hall–Kier alpha value is -0.940. The molecule has 5 nitrogen and oxygen atoms in total. The standard InChI is InChI=1S/C16H30N4O/c1-12(2)20-15(17-11-18-20)9-14(21)16(19(4)5)8-6-7-13(3)10-16/h11-14,21H,6-10H2,1-5H3. The molecule has 1 aliphatic rings. The predicted octanol–water partition coefficient (Wildman–Crippen LogP) is 2.27. The van der Waals surface area contributed by atoms with Crippen molar-refractivity contribution in [3.05, 3.63) is 12.2 Å². The number of hydrogen-bond acceptors (Lipinski definition) is 4. The van der Waals surface area contributed by atoms with E-state index in [1.54, 1.807) is 6.33 Å². The summed E-state index contributed by atoms with van der Waals surface area (Å²) in [6.07, 6.45) is 6.32. The van der Waals surface area contributed by atoms with E-state index in [2.05, 4.69) is 49.8 Å². The normalized spacial score (nSPS) is 28.3. The van der Waals surface area contributed by atoms with E-state index in [-0.39, 0.29) is 11.6 Å². The van der Waals surface area contributed by atoms with Crippen LogP contribution < -0.4 is 0 Å². The van der Waals surface area contributed by atoms with Gasteiger partial charge in [-0.15, -0.1) is 0 Å². The molecule has 3 unspecified atom stereocenters. The molecule has 2 rings (SSSR count). The van der Waals surface area contributed by atoms with E-state index in [4.69, 9.17) is 0 Å². The van der Waals surface area contributed by atoms with Gasteiger partial charge in [-0.2, -0.15) is 5.10 Å². The first-order chi connectivity index (χ1) is 9.86. The van der Waals surface area contributed by atoms with Gasteiger partial charge in [-0.05, 0) is 46.7 Å². The summed E-state index contributed by atoms with van der Waals surface area (Å²) in [7, 11) is 4.18. The van der Waals surface area contributed by atoms with Gasteiger partial charge in [0.25, 0.3) is 0 Å². The van der Waals surface area contributed by atoms with Crippen LogP contribution in [0.4, 0.5) is 0 Å². The highest BCUT2D eigenvalue weighted by atomic mass is 16.3. The maximum absolute atomic E-state index is 11.0. The summed E-state index contributed by atoms with van der Waals surface area (Å²) in [5.74, 6) is 1.55.